The van der Waals surface area contributed by atoms with E-state index in [1.165, 1.54) is 0 Å². The highest BCUT2D eigenvalue weighted by molar-refractivity contribution is 5.94. The molecule has 2 amide bonds. The van der Waals surface area contributed by atoms with Gasteiger partial charge in [0.15, 0.2) is 11.6 Å². The van der Waals surface area contributed by atoms with E-state index in [0.29, 0.717) is 43.4 Å². The van der Waals surface area contributed by atoms with Crippen molar-refractivity contribution in [1.29, 1.82) is 0 Å². The number of carboxylic acids is 2. The summed E-state index contributed by atoms with van der Waals surface area (Å²) in [6.07, 6.45) is 1.82. The number of amides is 2. The Hall–Kier alpha value is -4.19. The molecule has 2 heterocycles. The fourth-order valence-corrected chi connectivity index (χ4v) is 4.76. The lowest BCUT2D eigenvalue weighted by Gasteiger charge is -2.26. The fraction of sp³-hybridized carbons (Fsp3) is 0.333. The molecule has 0 aliphatic carbocycles. The van der Waals surface area contributed by atoms with Gasteiger partial charge in [0, 0.05) is 61.8 Å². The summed E-state index contributed by atoms with van der Waals surface area (Å²) in [5.41, 5.74) is 6.59. The summed E-state index contributed by atoms with van der Waals surface area (Å²) >= 11 is 0. The van der Waals surface area contributed by atoms with Gasteiger partial charge in [-0.1, -0.05) is 18.2 Å². The van der Waals surface area contributed by atoms with Crippen LogP contribution >= 0.6 is 0 Å². The molecular formula is C27H28F3N3O6. The third kappa shape index (κ3) is 7.90. The molecule has 2 fully saturated rings. The number of likely N-dealkylation sites (tertiary alicyclic amines) is 2. The number of fused-ring (bicyclic) bond motifs is 1. The molecular weight excluding hydrogens is 519 g/mol. The van der Waals surface area contributed by atoms with Gasteiger partial charge in [-0.2, -0.15) is 0 Å². The molecule has 2 saturated heterocycles. The normalized spacial score (nSPS) is 18.9. The molecule has 2 aromatic rings. The number of aliphatic carboxylic acids is 2. The number of hydrogen-bond acceptors (Lipinski definition) is 5. The lowest BCUT2D eigenvalue weighted by molar-refractivity contribution is -0.134. The summed E-state index contributed by atoms with van der Waals surface area (Å²) in [4.78, 5) is 48.2. The van der Waals surface area contributed by atoms with E-state index in [1.54, 1.807) is 21.9 Å². The van der Waals surface area contributed by atoms with Gasteiger partial charge in [0.25, 0.3) is 5.91 Å². The summed E-state index contributed by atoms with van der Waals surface area (Å²) in [6, 6.07) is 9.51. The van der Waals surface area contributed by atoms with Gasteiger partial charge in [0.1, 0.15) is 5.82 Å². The van der Waals surface area contributed by atoms with Crippen LogP contribution in [0.25, 0.3) is 0 Å². The topological polar surface area (TPSA) is 141 Å². The van der Waals surface area contributed by atoms with Crippen LogP contribution in [0.2, 0.25) is 0 Å². The van der Waals surface area contributed by atoms with Crippen molar-refractivity contribution in [1.82, 2.24) is 9.80 Å². The van der Waals surface area contributed by atoms with Gasteiger partial charge in [-0.15, -0.1) is 0 Å². The van der Waals surface area contributed by atoms with Crippen molar-refractivity contribution >= 4 is 23.8 Å². The SMILES string of the molecule is N[C@@H](CC(=O)N1CC[C@H]2CN(C(=O)c3ccccc3)C[C@H]21)Cc1cc(F)c(F)cc1F.O=C(O)/C=C/C(=O)O. The highest BCUT2D eigenvalue weighted by atomic mass is 19.2. The first-order valence-electron chi connectivity index (χ1n) is 12.1. The molecule has 0 aromatic heterocycles. The minimum atomic E-state index is -1.26. The Morgan fingerprint density at radius 3 is 2.18 bits per heavy atom. The van der Waals surface area contributed by atoms with Crippen LogP contribution in [0.5, 0.6) is 0 Å². The van der Waals surface area contributed by atoms with Crippen molar-refractivity contribution in [2.45, 2.75) is 31.3 Å². The van der Waals surface area contributed by atoms with E-state index in [9.17, 15) is 32.3 Å². The Morgan fingerprint density at radius 1 is 0.949 bits per heavy atom. The molecule has 2 aliphatic rings. The lowest BCUT2D eigenvalue weighted by atomic mass is 10.0. The molecule has 39 heavy (non-hydrogen) atoms. The first kappa shape index (κ1) is 29.4. The van der Waals surface area contributed by atoms with Crippen LogP contribution in [-0.2, 0) is 20.8 Å². The molecule has 2 aliphatic heterocycles. The van der Waals surface area contributed by atoms with Gasteiger partial charge < -0.3 is 25.7 Å². The minimum absolute atomic E-state index is 0.0334. The second-order valence-electron chi connectivity index (χ2n) is 9.32. The summed E-state index contributed by atoms with van der Waals surface area (Å²) in [6.45, 7) is 1.67. The number of nitrogens with two attached hydrogens (primary N) is 1. The zero-order valence-corrected chi connectivity index (χ0v) is 20.8. The minimum Gasteiger partial charge on any atom is -0.478 e. The number of nitrogens with zero attached hydrogens (tertiary/aromatic N) is 2. The third-order valence-electron chi connectivity index (χ3n) is 6.55. The largest absolute Gasteiger partial charge is 0.478 e. The summed E-state index contributed by atoms with van der Waals surface area (Å²) in [5, 5.41) is 15.6. The molecule has 0 spiro atoms. The average Bonchev–Trinajstić information content (AvgIpc) is 3.47. The lowest BCUT2D eigenvalue weighted by Crippen LogP contribution is -2.43. The van der Waals surface area contributed by atoms with Crippen LogP contribution in [0.15, 0.2) is 54.6 Å². The number of carbonyl (C=O) groups is 4. The van der Waals surface area contributed by atoms with E-state index in [-0.39, 0.29) is 42.2 Å². The summed E-state index contributed by atoms with van der Waals surface area (Å²) in [7, 11) is 0. The number of rotatable bonds is 7. The van der Waals surface area contributed by atoms with Crippen LogP contribution in [-0.4, -0.2) is 75.5 Å². The maximum Gasteiger partial charge on any atom is 0.328 e. The third-order valence-corrected chi connectivity index (χ3v) is 6.55. The van der Waals surface area contributed by atoms with Crippen molar-refractivity contribution in [2.75, 3.05) is 19.6 Å². The maximum absolute atomic E-state index is 13.9. The zero-order valence-electron chi connectivity index (χ0n) is 20.8. The Morgan fingerprint density at radius 2 is 1.56 bits per heavy atom. The van der Waals surface area contributed by atoms with Gasteiger partial charge in [-0.25, -0.2) is 22.8 Å². The molecule has 0 radical (unpaired) electrons. The van der Waals surface area contributed by atoms with Gasteiger partial charge in [0.2, 0.25) is 5.91 Å². The van der Waals surface area contributed by atoms with E-state index in [2.05, 4.69) is 0 Å². The summed E-state index contributed by atoms with van der Waals surface area (Å²) in [5.74, 6) is -5.80. The summed E-state index contributed by atoms with van der Waals surface area (Å²) < 4.78 is 40.4. The standard InChI is InChI=1S/C23H24F3N3O2.C4H4O4/c24-18-11-20(26)19(25)9-16(18)8-17(27)10-22(30)29-7-6-15-12-28(13-21(15)29)23(31)14-4-2-1-3-5-14;5-3(6)1-2-4(7)8/h1-5,9,11,15,17,21H,6-8,10,12-13,27H2;1-2H,(H,5,6)(H,7,8)/b;2-1+/t15-,17+,21+;/m0./s1. The van der Waals surface area contributed by atoms with E-state index in [4.69, 9.17) is 15.9 Å². The van der Waals surface area contributed by atoms with Crippen LogP contribution in [0.3, 0.4) is 0 Å². The Balaban J connectivity index is 0.000000459. The van der Waals surface area contributed by atoms with E-state index in [0.717, 1.165) is 12.5 Å². The van der Waals surface area contributed by atoms with E-state index < -0.39 is 35.4 Å². The number of carbonyl (C=O) groups excluding carboxylic acids is 2. The number of hydrogen-bond donors (Lipinski definition) is 3. The van der Waals surface area contributed by atoms with Crippen LogP contribution in [0.4, 0.5) is 13.2 Å². The predicted octanol–water partition coefficient (Wildman–Crippen LogP) is 2.45. The van der Waals surface area contributed by atoms with Gasteiger partial charge in [-0.3, -0.25) is 9.59 Å². The second-order valence-corrected chi connectivity index (χ2v) is 9.32. The van der Waals surface area contributed by atoms with Crippen LogP contribution in [0, 0.1) is 23.4 Å². The molecule has 0 bridgehead atoms. The van der Waals surface area contributed by atoms with Crippen molar-refractivity contribution in [3.05, 3.63) is 83.2 Å². The number of benzene rings is 2. The molecule has 208 valence electrons. The van der Waals surface area contributed by atoms with Crippen molar-refractivity contribution < 1.29 is 42.6 Å². The molecule has 0 unspecified atom stereocenters. The monoisotopic (exact) mass is 547 g/mol. The van der Waals surface area contributed by atoms with E-state index >= 15 is 0 Å². The van der Waals surface area contributed by atoms with E-state index in [1.807, 2.05) is 18.2 Å². The highest BCUT2D eigenvalue weighted by Gasteiger charge is 2.44. The number of carboxylic acid groups (broad SMARTS) is 2. The highest BCUT2D eigenvalue weighted by Crippen LogP contribution is 2.33. The van der Waals surface area contributed by atoms with Crippen LogP contribution in [0.1, 0.15) is 28.8 Å². The molecule has 4 N–H and O–H groups in total. The molecule has 2 aromatic carbocycles. The number of halogens is 3. The first-order valence-corrected chi connectivity index (χ1v) is 12.1. The molecule has 9 nitrogen and oxygen atoms in total. The van der Waals surface area contributed by atoms with Crippen LogP contribution < -0.4 is 5.73 Å². The second kappa shape index (κ2) is 13.1. The molecule has 3 atom stereocenters. The van der Waals surface area contributed by atoms with Crippen molar-refractivity contribution in [3.63, 3.8) is 0 Å². The first-order chi connectivity index (χ1) is 18.5. The van der Waals surface area contributed by atoms with Gasteiger partial charge in [-0.05, 0) is 36.6 Å². The molecule has 4 rings (SSSR count). The zero-order chi connectivity index (χ0) is 28.7. The van der Waals surface area contributed by atoms with Gasteiger partial charge in [0.05, 0.1) is 6.04 Å². The molecule has 12 heteroatoms. The quantitative estimate of drug-likeness (QED) is 0.357. The predicted molar refractivity (Wildman–Crippen MR) is 133 cm³/mol. The van der Waals surface area contributed by atoms with Crippen molar-refractivity contribution in [3.8, 4) is 0 Å². The Bertz CT molecular complexity index is 1240. The Kier molecular flexibility index (Phi) is 9.83. The van der Waals surface area contributed by atoms with Crippen molar-refractivity contribution in [2.24, 2.45) is 11.7 Å². The fourth-order valence-electron chi connectivity index (χ4n) is 4.76. The maximum atomic E-state index is 13.9. The Labute approximate surface area is 222 Å². The molecule has 0 saturated carbocycles. The smallest absolute Gasteiger partial charge is 0.328 e. The average molecular weight is 548 g/mol. The van der Waals surface area contributed by atoms with Gasteiger partial charge >= 0.3 is 11.9 Å².